The third-order valence-corrected chi connectivity index (χ3v) is 3.86. The molecule has 1 aliphatic heterocycles. The number of alkyl halides is 2. The van der Waals surface area contributed by atoms with E-state index in [-0.39, 0.29) is 11.7 Å². The monoisotopic (exact) mass is 283 g/mol. The maximum absolute atomic E-state index is 12.2. The number of hydrogen-bond donors (Lipinski definition) is 1. The highest BCUT2D eigenvalue weighted by atomic mass is 19.3. The first-order valence-corrected chi connectivity index (χ1v) is 6.54. The number of β-amino-alcohol motifs (C(OH)–C–C–N with tert-alkyl or cyclic N) is 1. The van der Waals surface area contributed by atoms with Crippen LogP contribution in [-0.2, 0) is 0 Å². The van der Waals surface area contributed by atoms with Gasteiger partial charge >= 0.3 is 6.61 Å². The number of rotatable bonds is 4. The third kappa shape index (κ3) is 2.47. The van der Waals surface area contributed by atoms with E-state index in [9.17, 15) is 18.7 Å². The molecule has 0 spiro atoms. The minimum absolute atomic E-state index is 0.0381. The summed E-state index contributed by atoms with van der Waals surface area (Å²) in [4.78, 5) is 13.7. The number of nitrogens with zero attached hydrogens (tertiary/aromatic N) is 1. The van der Waals surface area contributed by atoms with Gasteiger partial charge in [0.05, 0.1) is 13.1 Å². The molecule has 1 N–H and O–H groups in total. The molecule has 108 valence electrons. The van der Waals surface area contributed by atoms with Crippen molar-refractivity contribution in [1.82, 2.24) is 4.90 Å². The van der Waals surface area contributed by atoms with Gasteiger partial charge in [-0.2, -0.15) is 8.78 Å². The maximum atomic E-state index is 12.2. The molecule has 1 saturated heterocycles. The number of benzene rings is 1. The van der Waals surface area contributed by atoms with E-state index in [0.29, 0.717) is 24.6 Å². The predicted molar refractivity (Wildman–Crippen MR) is 66.7 cm³/mol. The molecule has 1 aliphatic carbocycles. The Morgan fingerprint density at radius 1 is 1.40 bits per heavy atom. The number of carbonyl (C=O) groups excluding carboxylic acids is 1. The van der Waals surface area contributed by atoms with Crippen LogP contribution < -0.4 is 4.74 Å². The highest BCUT2D eigenvalue weighted by molar-refractivity contribution is 5.95. The number of ether oxygens (including phenoxy) is 1. The zero-order valence-electron chi connectivity index (χ0n) is 10.8. The van der Waals surface area contributed by atoms with Crippen molar-refractivity contribution >= 4 is 5.91 Å². The molecule has 1 aromatic rings. The SMILES string of the molecule is O=C(c1cccc(OC(F)F)c1)N1CC(O)(C2CC2)C1. The van der Waals surface area contributed by atoms with Gasteiger partial charge in [0.2, 0.25) is 0 Å². The summed E-state index contributed by atoms with van der Waals surface area (Å²) in [6, 6.07) is 5.72. The molecule has 20 heavy (non-hydrogen) atoms. The Bertz CT molecular complexity index is 525. The molecule has 3 rings (SSSR count). The van der Waals surface area contributed by atoms with E-state index >= 15 is 0 Å². The van der Waals surface area contributed by atoms with E-state index in [0.717, 1.165) is 12.8 Å². The van der Waals surface area contributed by atoms with Crippen LogP contribution in [0.1, 0.15) is 23.2 Å². The van der Waals surface area contributed by atoms with Crippen LogP contribution in [0.3, 0.4) is 0 Å². The molecule has 0 atom stereocenters. The highest BCUT2D eigenvalue weighted by Crippen LogP contribution is 2.44. The van der Waals surface area contributed by atoms with Gasteiger partial charge in [0.15, 0.2) is 0 Å². The van der Waals surface area contributed by atoms with Gasteiger partial charge in [-0.3, -0.25) is 4.79 Å². The Balaban J connectivity index is 1.66. The number of halogens is 2. The smallest absolute Gasteiger partial charge is 0.387 e. The molecule has 0 bridgehead atoms. The predicted octanol–water partition coefficient (Wildman–Crippen LogP) is 1.88. The van der Waals surface area contributed by atoms with Crippen molar-refractivity contribution in [1.29, 1.82) is 0 Å². The standard InChI is InChI=1S/C14H15F2NO3/c15-13(16)20-11-3-1-2-9(6-11)12(18)17-7-14(19,8-17)10-4-5-10/h1-3,6,10,13,19H,4-5,7-8H2. The van der Waals surface area contributed by atoms with Crippen LogP contribution in [0.2, 0.25) is 0 Å². The number of aliphatic hydroxyl groups is 1. The molecule has 6 heteroatoms. The lowest BCUT2D eigenvalue weighted by Crippen LogP contribution is -2.64. The zero-order valence-corrected chi connectivity index (χ0v) is 10.8. The number of hydrogen-bond acceptors (Lipinski definition) is 3. The molecular weight excluding hydrogens is 268 g/mol. The molecule has 0 radical (unpaired) electrons. The van der Waals surface area contributed by atoms with E-state index in [1.54, 1.807) is 6.07 Å². The summed E-state index contributed by atoms with van der Waals surface area (Å²) in [5, 5.41) is 10.2. The summed E-state index contributed by atoms with van der Waals surface area (Å²) in [6.45, 7) is -2.28. The largest absolute Gasteiger partial charge is 0.435 e. The van der Waals surface area contributed by atoms with Gasteiger partial charge in [-0.05, 0) is 37.0 Å². The van der Waals surface area contributed by atoms with Gasteiger partial charge < -0.3 is 14.7 Å². The van der Waals surface area contributed by atoms with Crippen LogP contribution in [0, 0.1) is 5.92 Å². The quantitative estimate of drug-likeness (QED) is 0.918. The number of carbonyl (C=O) groups is 1. The molecule has 1 saturated carbocycles. The average Bonchev–Trinajstić information content (AvgIpc) is 3.18. The van der Waals surface area contributed by atoms with E-state index in [2.05, 4.69) is 4.74 Å². The topological polar surface area (TPSA) is 49.8 Å². The molecule has 2 aliphatic rings. The van der Waals surface area contributed by atoms with Crippen molar-refractivity contribution in [3.8, 4) is 5.75 Å². The molecule has 4 nitrogen and oxygen atoms in total. The Morgan fingerprint density at radius 3 is 2.70 bits per heavy atom. The van der Waals surface area contributed by atoms with Crippen LogP contribution in [0.25, 0.3) is 0 Å². The van der Waals surface area contributed by atoms with Crippen molar-refractivity contribution in [2.45, 2.75) is 25.1 Å². The molecule has 1 aromatic carbocycles. The average molecular weight is 283 g/mol. The van der Waals surface area contributed by atoms with Gasteiger partial charge in [0, 0.05) is 5.56 Å². The second kappa shape index (κ2) is 4.70. The van der Waals surface area contributed by atoms with E-state index in [4.69, 9.17) is 0 Å². The van der Waals surface area contributed by atoms with Crippen LogP contribution >= 0.6 is 0 Å². The first-order chi connectivity index (χ1) is 9.48. The molecule has 0 aromatic heterocycles. The van der Waals surface area contributed by atoms with Crippen LogP contribution in [-0.4, -0.2) is 41.2 Å². The first-order valence-electron chi connectivity index (χ1n) is 6.54. The first kappa shape index (κ1) is 13.3. The lowest BCUT2D eigenvalue weighted by atomic mass is 9.88. The van der Waals surface area contributed by atoms with E-state index in [1.807, 2.05) is 0 Å². The molecular formula is C14H15F2NO3. The van der Waals surface area contributed by atoms with Gasteiger partial charge in [-0.15, -0.1) is 0 Å². The third-order valence-electron chi connectivity index (χ3n) is 3.86. The molecule has 0 unspecified atom stereocenters. The van der Waals surface area contributed by atoms with Crippen molar-refractivity contribution in [3.05, 3.63) is 29.8 Å². The fraction of sp³-hybridized carbons (Fsp3) is 0.500. The second-order valence-corrected chi connectivity index (χ2v) is 5.45. The lowest BCUT2D eigenvalue weighted by molar-refractivity contribution is -0.0958. The molecule has 2 fully saturated rings. The molecule has 1 amide bonds. The van der Waals surface area contributed by atoms with Crippen molar-refractivity contribution in [3.63, 3.8) is 0 Å². The van der Waals surface area contributed by atoms with Crippen molar-refractivity contribution < 1.29 is 23.4 Å². The van der Waals surface area contributed by atoms with Crippen LogP contribution in [0.5, 0.6) is 5.75 Å². The molecule has 1 heterocycles. The van der Waals surface area contributed by atoms with E-state index in [1.165, 1.54) is 23.1 Å². The van der Waals surface area contributed by atoms with Gasteiger partial charge in [0.25, 0.3) is 5.91 Å². The van der Waals surface area contributed by atoms with Crippen LogP contribution in [0.15, 0.2) is 24.3 Å². The summed E-state index contributed by atoms with van der Waals surface area (Å²) in [5.41, 5.74) is -0.451. The number of likely N-dealkylation sites (tertiary alicyclic amines) is 1. The Labute approximate surface area is 114 Å². The van der Waals surface area contributed by atoms with Gasteiger partial charge in [-0.25, -0.2) is 0 Å². The number of amides is 1. The van der Waals surface area contributed by atoms with Crippen molar-refractivity contribution in [2.75, 3.05) is 13.1 Å². The minimum atomic E-state index is -2.91. The highest BCUT2D eigenvalue weighted by Gasteiger charge is 2.53. The lowest BCUT2D eigenvalue weighted by Gasteiger charge is -2.47. The maximum Gasteiger partial charge on any atom is 0.387 e. The van der Waals surface area contributed by atoms with E-state index < -0.39 is 12.2 Å². The summed E-state index contributed by atoms with van der Waals surface area (Å²) in [6.07, 6.45) is 2.02. The van der Waals surface area contributed by atoms with Crippen LogP contribution in [0.4, 0.5) is 8.78 Å². The Hall–Kier alpha value is -1.69. The summed E-state index contributed by atoms with van der Waals surface area (Å²) in [5.74, 6) is -0.000999. The fourth-order valence-corrected chi connectivity index (χ4v) is 2.63. The second-order valence-electron chi connectivity index (χ2n) is 5.45. The van der Waals surface area contributed by atoms with Gasteiger partial charge in [-0.1, -0.05) is 6.07 Å². The summed E-state index contributed by atoms with van der Waals surface area (Å²) >= 11 is 0. The summed E-state index contributed by atoms with van der Waals surface area (Å²) < 4.78 is 28.5. The Kier molecular flexibility index (Phi) is 3.12. The van der Waals surface area contributed by atoms with Crippen molar-refractivity contribution in [2.24, 2.45) is 5.92 Å². The summed E-state index contributed by atoms with van der Waals surface area (Å²) in [7, 11) is 0. The normalized spacial score (nSPS) is 20.7. The fourth-order valence-electron chi connectivity index (χ4n) is 2.63. The van der Waals surface area contributed by atoms with Gasteiger partial charge in [0.1, 0.15) is 11.4 Å². The zero-order chi connectivity index (χ0) is 14.3. The minimum Gasteiger partial charge on any atom is -0.435 e. The Morgan fingerprint density at radius 2 is 2.10 bits per heavy atom.